The monoisotopic (exact) mass is 394 g/mol. The maximum absolute atomic E-state index is 12.8. The molecule has 2 atom stereocenters. The summed E-state index contributed by atoms with van der Waals surface area (Å²) in [6.45, 7) is 6.16. The van der Waals surface area contributed by atoms with Crippen LogP contribution in [0.5, 0.6) is 11.5 Å². The van der Waals surface area contributed by atoms with Gasteiger partial charge in [-0.2, -0.15) is 0 Å². The zero-order valence-corrected chi connectivity index (χ0v) is 17.2. The molecule has 152 valence electrons. The van der Waals surface area contributed by atoms with Crippen LogP contribution in [-0.4, -0.2) is 39.4 Å². The summed E-state index contributed by atoms with van der Waals surface area (Å²) in [6, 6.07) is 14.2. The number of nitrogens with one attached hydrogen (secondary N) is 1. The van der Waals surface area contributed by atoms with Crippen LogP contribution in [0.4, 0.5) is 5.69 Å². The second kappa shape index (κ2) is 7.79. The van der Waals surface area contributed by atoms with Crippen molar-refractivity contribution in [2.24, 2.45) is 0 Å². The molecule has 2 heterocycles. The van der Waals surface area contributed by atoms with Crippen molar-refractivity contribution >= 4 is 16.5 Å². The molecule has 1 aliphatic heterocycles. The molecule has 1 saturated heterocycles. The van der Waals surface area contributed by atoms with Gasteiger partial charge in [-0.3, -0.25) is 0 Å². The van der Waals surface area contributed by atoms with Crippen LogP contribution in [0.15, 0.2) is 51.7 Å². The standard InChI is InChI=1S/C23H26N2O4/c1-14-12-25(13-15(2)24-14)18-7-5-16-9-21(29-23(26)19(16)11-18)17-6-8-20(27-3)22(10-17)28-4/h5-11,14-15,24H,12-13H2,1-4H3. The van der Waals surface area contributed by atoms with E-state index in [-0.39, 0.29) is 5.63 Å². The first kappa shape index (κ1) is 19.3. The number of methoxy groups -OCH3 is 2. The predicted molar refractivity (Wildman–Crippen MR) is 115 cm³/mol. The highest BCUT2D eigenvalue weighted by molar-refractivity contribution is 5.87. The lowest BCUT2D eigenvalue weighted by Gasteiger charge is -2.37. The molecular formula is C23H26N2O4. The lowest BCUT2D eigenvalue weighted by atomic mass is 10.1. The van der Waals surface area contributed by atoms with Gasteiger partial charge in [0.05, 0.1) is 19.6 Å². The van der Waals surface area contributed by atoms with Gasteiger partial charge in [0, 0.05) is 36.4 Å². The molecule has 0 spiro atoms. The molecule has 2 unspecified atom stereocenters. The van der Waals surface area contributed by atoms with Crippen LogP contribution in [0.25, 0.3) is 22.1 Å². The fourth-order valence-corrected chi connectivity index (χ4v) is 4.04. The third kappa shape index (κ3) is 3.80. The van der Waals surface area contributed by atoms with Gasteiger partial charge in [-0.15, -0.1) is 0 Å². The highest BCUT2D eigenvalue weighted by atomic mass is 16.5. The zero-order valence-electron chi connectivity index (χ0n) is 17.2. The number of rotatable bonds is 4. The van der Waals surface area contributed by atoms with E-state index in [1.54, 1.807) is 26.4 Å². The first-order valence-corrected chi connectivity index (χ1v) is 9.80. The predicted octanol–water partition coefficient (Wildman–Crippen LogP) is 3.66. The highest BCUT2D eigenvalue weighted by Crippen LogP contribution is 2.33. The Bertz CT molecular complexity index is 1080. The minimum Gasteiger partial charge on any atom is -0.493 e. The smallest absolute Gasteiger partial charge is 0.344 e. The Hall–Kier alpha value is -2.99. The summed E-state index contributed by atoms with van der Waals surface area (Å²) in [6.07, 6.45) is 0. The first-order valence-electron chi connectivity index (χ1n) is 9.80. The van der Waals surface area contributed by atoms with E-state index in [1.165, 1.54) is 0 Å². The Labute approximate surface area is 170 Å². The van der Waals surface area contributed by atoms with Gasteiger partial charge >= 0.3 is 5.63 Å². The molecular weight excluding hydrogens is 368 g/mol. The van der Waals surface area contributed by atoms with Gasteiger partial charge < -0.3 is 24.1 Å². The fourth-order valence-electron chi connectivity index (χ4n) is 4.04. The molecule has 1 fully saturated rings. The van der Waals surface area contributed by atoms with Gasteiger partial charge in [0.25, 0.3) is 0 Å². The lowest BCUT2D eigenvalue weighted by molar-refractivity contribution is 0.355. The van der Waals surface area contributed by atoms with Crippen molar-refractivity contribution in [1.82, 2.24) is 5.32 Å². The van der Waals surface area contributed by atoms with E-state index in [4.69, 9.17) is 13.9 Å². The van der Waals surface area contributed by atoms with E-state index >= 15 is 0 Å². The van der Waals surface area contributed by atoms with Gasteiger partial charge in [-0.1, -0.05) is 6.07 Å². The number of ether oxygens (including phenoxy) is 2. The van der Waals surface area contributed by atoms with Crippen molar-refractivity contribution in [2.45, 2.75) is 25.9 Å². The van der Waals surface area contributed by atoms with Crippen LogP contribution in [-0.2, 0) is 0 Å². The van der Waals surface area contributed by atoms with E-state index in [9.17, 15) is 4.79 Å². The van der Waals surface area contributed by atoms with Crippen molar-refractivity contribution in [3.8, 4) is 22.8 Å². The zero-order chi connectivity index (χ0) is 20.5. The number of anilines is 1. The van der Waals surface area contributed by atoms with Crippen LogP contribution >= 0.6 is 0 Å². The maximum Gasteiger partial charge on any atom is 0.344 e. The molecule has 3 aromatic rings. The molecule has 2 aromatic carbocycles. The molecule has 29 heavy (non-hydrogen) atoms. The van der Waals surface area contributed by atoms with Gasteiger partial charge in [-0.05, 0) is 55.6 Å². The van der Waals surface area contributed by atoms with Crippen molar-refractivity contribution in [2.75, 3.05) is 32.2 Å². The molecule has 6 heteroatoms. The fraction of sp³-hybridized carbons (Fsp3) is 0.348. The van der Waals surface area contributed by atoms with Gasteiger partial charge in [-0.25, -0.2) is 4.79 Å². The maximum atomic E-state index is 12.8. The van der Waals surface area contributed by atoms with E-state index in [0.717, 1.165) is 29.7 Å². The number of hydrogen-bond acceptors (Lipinski definition) is 6. The second-order valence-electron chi connectivity index (χ2n) is 7.61. The van der Waals surface area contributed by atoms with E-state index < -0.39 is 0 Å². The van der Waals surface area contributed by atoms with Crippen molar-refractivity contribution in [3.05, 3.63) is 52.9 Å². The Morgan fingerprint density at radius 1 is 0.966 bits per heavy atom. The number of fused-ring (bicyclic) bond motifs is 1. The van der Waals surface area contributed by atoms with E-state index in [1.807, 2.05) is 24.3 Å². The quantitative estimate of drug-likeness (QED) is 0.729. The average molecular weight is 394 g/mol. The van der Waals surface area contributed by atoms with E-state index in [0.29, 0.717) is 34.7 Å². The van der Waals surface area contributed by atoms with Crippen LogP contribution in [0, 0.1) is 0 Å². The Morgan fingerprint density at radius 3 is 2.38 bits per heavy atom. The largest absolute Gasteiger partial charge is 0.493 e. The van der Waals surface area contributed by atoms with Crippen molar-refractivity contribution in [1.29, 1.82) is 0 Å². The lowest BCUT2D eigenvalue weighted by Crippen LogP contribution is -2.54. The van der Waals surface area contributed by atoms with Gasteiger partial charge in [0.2, 0.25) is 0 Å². The number of hydrogen-bond donors (Lipinski definition) is 1. The molecule has 0 aliphatic carbocycles. The topological polar surface area (TPSA) is 63.9 Å². The second-order valence-corrected chi connectivity index (χ2v) is 7.61. The summed E-state index contributed by atoms with van der Waals surface area (Å²) in [5, 5.41) is 4.97. The Morgan fingerprint density at radius 2 is 1.69 bits per heavy atom. The number of nitrogens with zero attached hydrogens (tertiary/aromatic N) is 1. The minimum atomic E-state index is -0.342. The summed E-state index contributed by atoms with van der Waals surface area (Å²) in [5.74, 6) is 1.72. The molecule has 0 bridgehead atoms. The normalized spacial score (nSPS) is 19.4. The van der Waals surface area contributed by atoms with Crippen molar-refractivity contribution in [3.63, 3.8) is 0 Å². The minimum absolute atomic E-state index is 0.342. The van der Waals surface area contributed by atoms with Crippen LogP contribution in [0.2, 0.25) is 0 Å². The third-order valence-electron chi connectivity index (χ3n) is 5.34. The number of benzene rings is 2. The Kier molecular flexibility index (Phi) is 5.20. The summed E-state index contributed by atoms with van der Waals surface area (Å²) < 4.78 is 16.3. The van der Waals surface area contributed by atoms with Crippen LogP contribution in [0.3, 0.4) is 0 Å². The molecule has 0 amide bonds. The summed E-state index contributed by atoms with van der Waals surface area (Å²) in [7, 11) is 3.17. The third-order valence-corrected chi connectivity index (χ3v) is 5.34. The molecule has 0 saturated carbocycles. The Balaban J connectivity index is 1.72. The molecule has 1 N–H and O–H groups in total. The van der Waals surface area contributed by atoms with Crippen LogP contribution < -0.4 is 25.3 Å². The molecule has 1 aromatic heterocycles. The molecule has 4 rings (SSSR count). The average Bonchev–Trinajstić information content (AvgIpc) is 2.72. The van der Waals surface area contributed by atoms with Crippen LogP contribution in [0.1, 0.15) is 13.8 Å². The molecule has 1 aliphatic rings. The summed E-state index contributed by atoms with van der Waals surface area (Å²) in [4.78, 5) is 15.1. The summed E-state index contributed by atoms with van der Waals surface area (Å²) in [5.41, 5.74) is 1.46. The molecule has 0 radical (unpaired) electrons. The number of piperazine rings is 1. The van der Waals surface area contributed by atoms with Gasteiger partial charge in [0.15, 0.2) is 11.5 Å². The SMILES string of the molecule is COc1ccc(-c2cc3ccc(N4CC(C)NC(C)C4)cc3c(=O)o2)cc1OC. The first-order chi connectivity index (χ1) is 14.0. The molecule has 6 nitrogen and oxygen atoms in total. The van der Waals surface area contributed by atoms with Gasteiger partial charge in [0.1, 0.15) is 5.76 Å². The van der Waals surface area contributed by atoms with Crippen molar-refractivity contribution < 1.29 is 13.9 Å². The summed E-state index contributed by atoms with van der Waals surface area (Å²) >= 11 is 0. The van der Waals surface area contributed by atoms with E-state index in [2.05, 4.69) is 30.1 Å². The highest BCUT2D eigenvalue weighted by Gasteiger charge is 2.21.